The average Bonchev–Trinajstić information content (AvgIpc) is 2.90. The van der Waals surface area contributed by atoms with Crippen LogP contribution in [0.15, 0.2) is 30.5 Å². The minimum absolute atomic E-state index is 0.229. The molecule has 3 rings (SSSR count). The fraction of sp³-hybridized carbons (Fsp3) is 0.308. The average molecular weight is 246 g/mol. The van der Waals surface area contributed by atoms with E-state index in [4.69, 9.17) is 0 Å². The molecular weight excluding hydrogens is 231 g/mol. The standard InChI is InChI=1S/C13H15FN4/c14-11-3-1-10(2-4-11)13-16-9-12(17-13)18-7-5-15-6-8-18/h1-4,9,15H,5-8H2,(H,16,17). The maximum Gasteiger partial charge on any atom is 0.138 e. The van der Waals surface area contributed by atoms with Crippen molar-refractivity contribution in [1.29, 1.82) is 0 Å². The van der Waals surface area contributed by atoms with E-state index in [0.29, 0.717) is 0 Å². The second kappa shape index (κ2) is 4.78. The Morgan fingerprint density at radius 2 is 1.83 bits per heavy atom. The summed E-state index contributed by atoms with van der Waals surface area (Å²) in [5.41, 5.74) is 0.901. The number of aromatic amines is 1. The topological polar surface area (TPSA) is 44.0 Å². The molecule has 0 aliphatic carbocycles. The van der Waals surface area contributed by atoms with Crippen LogP contribution < -0.4 is 10.2 Å². The van der Waals surface area contributed by atoms with Crippen LogP contribution in [0.4, 0.5) is 10.2 Å². The third-order valence-corrected chi connectivity index (χ3v) is 3.14. The van der Waals surface area contributed by atoms with Gasteiger partial charge in [-0.3, -0.25) is 0 Å². The number of halogens is 1. The van der Waals surface area contributed by atoms with Gasteiger partial charge in [-0.05, 0) is 24.3 Å². The number of imidazole rings is 1. The first-order chi connectivity index (χ1) is 8.83. The maximum atomic E-state index is 12.9. The summed E-state index contributed by atoms with van der Waals surface area (Å²) in [4.78, 5) is 9.89. The van der Waals surface area contributed by atoms with Crippen molar-refractivity contribution in [3.8, 4) is 11.4 Å². The molecule has 0 bridgehead atoms. The minimum atomic E-state index is -0.229. The lowest BCUT2D eigenvalue weighted by atomic mass is 10.2. The zero-order valence-electron chi connectivity index (χ0n) is 9.99. The second-order valence-corrected chi connectivity index (χ2v) is 4.36. The van der Waals surface area contributed by atoms with E-state index in [1.807, 2.05) is 6.20 Å². The van der Waals surface area contributed by atoms with Crippen LogP contribution in [0.3, 0.4) is 0 Å². The number of aromatic nitrogens is 2. The van der Waals surface area contributed by atoms with Crippen LogP contribution in [0.2, 0.25) is 0 Å². The molecule has 1 fully saturated rings. The van der Waals surface area contributed by atoms with Gasteiger partial charge in [-0.15, -0.1) is 0 Å². The van der Waals surface area contributed by atoms with Gasteiger partial charge in [0.25, 0.3) is 0 Å². The smallest absolute Gasteiger partial charge is 0.138 e. The van der Waals surface area contributed by atoms with Crippen molar-refractivity contribution in [2.45, 2.75) is 0 Å². The number of rotatable bonds is 2. The maximum absolute atomic E-state index is 12.9. The van der Waals surface area contributed by atoms with Gasteiger partial charge >= 0.3 is 0 Å². The normalized spacial score (nSPS) is 15.9. The molecule has 2 heterocycles. The van der Waals surface area contributed by atoms with Crippen LogP contribution in [0.1, 0.15) is 0 Å². The van der Waals surface area contributed by atoms with Gasteiger partial charge in [-0.1, -0.05) is 0 Å². The van der Waals surface area contributed by atoms with Crippen molar-refractivity contribution >= 4 is 5.82 Å². The van der Waals surface area contributed by atoms with Crippen molar-refractivity contribution in [2.24, 2.45) is 0 Å². The number of anilines is 1. The molecule has 18 heavy (non-hydrogen) atoms. The van der Waals surface area contributed by atoms with Crippen LogP contribution in [0.25, 0.3) is 11.4 Å². The van der Waals surface area contributed by atoms with Gasteiger partial charge in [0.05, 0.1) is 6.20 Å². The van der Waals surface area contributed by atoms with Gasteiger partial charge < -0.3 is 15.2 Å². The first-order valence-electron chi connectivity index (χ1n) is 6.09. The third kappa shape index (κ3) is 2.22. The van der Waals surface area contributed by atoms with E-state index >= 15 is 0 Å². The Morgan fingerprint density at radius 3 is 2.56 bits per heavy atom. The van der Waals surface area contributed by atoms with E-state index in [-0.39, 0.29) is 5.82 Å². The number of nitrogens with zero attached hydrogens (tertiary/aromatic N) is 2. The van der Waals surface area contributed by atoms with E-state index in [1.54, 1.807) is 12.1 Å². The summed E-state index contributed by atoms with van der Waals surface area (Å²) >= 11 is 0. The van der Waals surface area contributed by atoms with Crippen LogP contribution >= 0.6 is 0 Å². The molecular formula is C13H15FN4. The van der Waals surface area contributed by atoms with E-state index in [1.165, 1.54) is 12.1 Å². The second-order valence-electron chi connectivity index (χ2n) is 4.36. The fourth-order valence-electron chi connectivity index (χ4n) is 2.13. The van der Waals surface area contributed by atoms with Crippen molar-refractivity contribution in [1.82, 2.24) is 15.3 Å². The van der Waals surface area contributed by atoms with Gasteiger partial charge in [-0.25, -0.2) is 9.37 Å². The highest BCUT2D eigenvalue weighted by Gasteiger charge is 2.13. The lowest BCUT2D eigenvalue weighted by molar-refractivity contribution is 0.586. The van der Waals surface area contributed by atoms with Crippen LogP contribution in [0, 0.1) is 5.82 Å². The molecule has 1 aliphatic rings. The Bertz CT molecular complexity index is 514. The van der Waals surface area contributed by atoms with E-state index in [9.17, 15) is 4.39 Å². The quantitative estimate of drug-likeness (QED) is 0.846. The molecule has 0 radical (unpaired) electrons. The number of benzene rings is 1. The monoisotopic (exact) mass is 246 g/mol. The molecule has 2 aromatic rings. The largest absolute Gasteiger partial charge is 0.354 e. The Labute approximate surface area is 105 Å². The third-order valence-electron chi connectivity index (χ3n) is 3.14. The van der Waals surface area contributed by atoms with Crippen LogP contribution in [0.5, 0.6) is 0 Å². The highest BCUT2D eigenvalue weighted by atomic mass is 19.1. The number of nitrogens with one attached hydrogen (secondary N) is 2. The fourth-order valence-corrected chi connectivity index (χ4v) is 2.13. The van der Waals surface area contributed by atoms with Crippen molar-refractivity contribution in [3.05, 3.63) is 36.3 Å². The molecule has 1 saturated heterocycles. The molecule has 1 aliphatic heterocycles. The lowest BCUT2D eigenvalue weighted by Crippen LogP contribution is -2.43. The highest BCUT2D eigenvalue weighted by Crippen LogP contribution is 2.20. The molecule has 2 N–H and O–H groups in total. The van der Waals surface area contributed by atoms with Gasteiger partial charge in [0, 0.05) is 31.7 Å². The number of hydrogen-bond acceptors (Lipinski definition) is 3. The Morgan fingerprint density at radius 1 is 1.11 bits per heavy atom. The lowest BCUT2D eigenvalue weighted by Gasteiger charge is -2.27. The van der Waals surface area contributed by atoms with E-state index in [2.05, 4.69) is 20.2 Å². The minimum Gasteiger partial charge on any atom is -0.354 e. The van der Waals surface area contributed by atoms with Crippen LogP contribution in [-0.4, -0.2) is 36.1 Å². The zero-order valence-corrected chi connectivity index (χ0v) is 9.99. The summed E-state index contributed by atoms with van der Waals surface area (Å²) in [6.07, 6.45) is 1.84. The molecule has 0 atom stereocenters. The van der Waals surface area contributed by atoms with Gasteiger partial charge in [0.1, 0.15) is 17.5 Å². The predicted molar refractivity (Wildman–Crippen MR) is 69.1 cm³/mol. The molecule has 0 saturated carbocycles. The molecule has 1 aromatic heterocycles. The molecule has 0 spiro atoms. The summed E-state index contributed by atoms with van der Waals surface area (Å²) in [6.45, 7) is 3.94. The molecule has 0 unspecified atom stereocenters. The van der Waals surface area contributed by atoms with E-state index < -0.39 is 0 Å². The Balaban J connectivity index is 1.82. The molecule has 5 heteroatoms. The predicted octanol–water partition coefficient (Wildman–Crippen LogP) is 1.63. The highest BCUT2D eigenvalue weighted by molar-refractivity contribution is 5.58. The number of hydrogen-bond donors (Lipinski definition) is 2. The zero-order chi connectivity index (χ0) is 12.4. The summed E-state index contributed by atoms with van der Waals surface area (Å²) < 4.78 is 12.9. The molecule has 0 amide bonds. The van der Waals surface area contributed by atoms with Crippen molar-refractivity contribution < 1.29 is 4.39 Å². The van der Waals surface area contributed by atoms with Gasteiger partial charge in [0.15, 0.2) is 0 Å². The SMILES string of the molecule is Fc1ccc(-c2ncc(N3CCNCC3)[nH]2)cc1. The van der Waals surface area contributed by atoms with Gasteiger partial charge in [0.2, 0.25) is 0 Å². The Kier molecular flexibility index (Phi) is 2.98. The first kappa shape index (κ1) is 11.2. The van der Waals surface area contributed by atoms with Crippen LogP contribution in [-0.2, 0) is 0 Å². The van der Waals surface area contributed by atoms with Gasteiger partial charge in [-0.2, -0.15) is 0 Å². The number of H-pyrrole nitrogens is 1. The summed E-state index contributed by atoms with van der Waals surface area (Å²) in [7, 11) is 0. The first-order valence-corrected chi connectivity index (χ1v) is 6.09. The number of piperazine rings is 1. The molecule has 94 valence electrons. The summed E-state index contributed by atoms with van der Waals surface area (Å²) in [5, 5.41) is 3.31. The van der Waals surface area contributed by atoms with Crippen molar-refractivity contribution in [3.63, 3.8) is 0 Å². The molecule has 1 aromatic carbocycles. The van der Waals surface area contributed by atoms with Crippen molar-refractivity contribution in [2.75, 3.05) is 31.1 Å². The Hall–Kier alpha value is -1.88. The molecule has 4 nitrogen and oxygen atoms in total. The summed E-state index contributed by atoms with van der Waals surface area (Å²) in [5.74, 6) is 1.58. The summed E-state index contributed by atoms with van der Waals surface area (Å²) in [6, 6.07) is 6.36. The van der Waals surface area contributed by atoms with E-state index in [0.717, 1.165) is 43.4 Å².